The first-order valence-corrected chi connectivity index (χ1v) is 8.22. The van der Waals surface area contributed by atoms with E-state index in [1.807, 2.05) is 12.1 Å². The van der Waals surface area contributed by atoms with Crippen LogP contribution in [0.15, 0.2) is 30.9 Å². The van der Waals surface area contributed by atoms with Crippen LogP contribution in [0.2, 0.25) is 0 Å². The first-order valence-electron chi connectivity index (χ1n) is 4.96. The molecule has 0 aliphatic rings. The summed E-state index contributed by atoms with van der Waals surface area (Å²) in [6.07, 6.45) is 0. The highest BCUT2D eigenvalue weighted by molar-refractivity contribution is 9.11. The monoisotopic (exact) mass is 468 g/mol. The lowest BCUT2D eigenvalue weighted by Crippen LogP contribution is -2.01. The van der Waals surface area contributed by atoms with Gasteiger partial charge in [0.25, 0.3) is 0 Å². The number of nitrogens with zero attached hydrogens (tertiary/aromatic N) is 1. The Hall–Kier alpha value is -0.440. The van der Waals surface area contributed by atoms with Crippen molar-refractivity contribution in [2.75, 3.05) is 12.4 Å². The fraction of sp³-hybridized carbons (Fsp3) is 0.0909. The number of aromatic nitrogens is 1. The maximum atomic E-state index is 11.3. The zero-order valence-electron chi connectivity index (χ0n) is 9.54. The van der Waals surface area contributed by atoms with Crippen molar-refractivity contribution in [3.05, 3.63) is 36.6 Å². The van der Waals surface area contributed by atoms with Crippen molar-refractivity contribution in [1.82, 2.24) is 4.98 Å². The number of rotatable bonds is 3. The fourth-order valence-electron chi connectivity index (χ4n) is 1.30. The average Bonchev–Trinajstić information content (AvgIpc) is 2.81. The standard InChI is InChI=1S/C11H7Br3N2O2S/c1-18-10(17)8-4-19-11(15-8)16-9-6(13)2-5(12)3-7(9)14/h2-4H,1H3,(H,15,16). The van der Waals surface area contributed by atoms with E-state index in [-0.39, 0.29) is 0 Å². The van der Waals surface area contributed by atoms with Crippen LogP contribution in [0.4, 0.5) is 10.8 Å². The summed E-state index contributed by atoms with van der Waals surface area (Å²) in [5, 5.41) is 5.41. The molecular weight excluding hydrogens is 464 g/mol. The van der Waals surface area contributed by atoms with E-state index < -0.39 is 5.97 Å². The third-order valence-electron chi connectivity index (χ3n) is 2.14. The Morgan fingerprint density at radius 3 is 2.53 bits per heavy atom. The molecule has 1 heterocycles. The molecule has 4 nitrogen and oxygen atoms in total. The van der Waals surface area contributed by atoms with Gasteiger partial charge in [-0.3, -0.25) is 0 Å². The summed E-state index contributed by atoms with van der Waals surface area (Å²) < 4.78 is 7.32. The van der Waals surface area contributed by atoms with Gasteiger partial charge in [-0.1, -0.05) is 15.9 Å². The molecule has 0 atom stereocenters. The van der Waals surface area contributed by atoms with Crippen LogP contribution in [-0.4, -0.2) is 18.1 Å². The van der Waals surface area contributed by atoms with Gasteiger partial charge in [0, 0.05) is 18.8 Å². The average molecular weight is 471 g/mol. The van der Waals surface area contributed by atoms with Gasteiger partial charge in [0.1, 0.15) is 0 Å². The molecule has 19 heavy (non-hydrogen) atoms. The molecule has 100 valence electrons. The molecule has 8 heteroatoms. The molecule has 0 unspecified atom stereocenters. The number of benzene rings is 1. The van der Waals surface area contributed by atoms with Gasteiger partial charge in [-0.25, -0.2) is 9.78 Å². The van der Waals surface area contributed by atoms with Crippen molar-refractivity contribution in [2.45, 2.75) is 0 Å². The minimum atomic E-state index is -0.446. The zero-order chi connectivity index (χ0) is 14.0. The van der Waals surface area contributed by atoms with E-state index in [9.17, 15) is 4.79 Å². The Morgan fingerprint density at radius 1 is 1.32 bits per heavy atom. The molecular formula is C11H7Br3N2O2S. The van der Waals surface area contributed by atoms with Crippen LogP contribution >= 0.6 is 59.1 Å². The van der Waals surface area contributed by atoms with Crippen molar-refractivity contribution in [3.63, 3.8) is 0 Å². The highest BCUT2D eigenvalue weighted by atomic mass is 79.9. The highest BCUT2D eigenvalue weighted by Gasteiger charge is 2.13. The zero-order valence-corrected chi connectivity index (χ0v) is 15.1. The van der Waals surface area contributed by atoms with Crippen LogP contribution in [0.3, 0.4) is 0 Å². The lowest BCUT2D eigenvalue weighted by atomic mass is 10.3. The van der Waals surface area contributed by atoms with Gasteiger partial charge in [-0.05, 0) is 44.0 Å². The van der Waals surface area contributed by atoms with Crippen LogP contribution in [-0.2, 0) is 4.74 Å². The van der Waals surface area contributed by atoms with Crippen LogP contribution in [0.1, 0.15) is 10.5 Å². The molecule has 0 saturated carbocycles. The molecule has 0 aliphatic carbocycles. The third kappa shape index (κ3) is 3.56. The van der Waals surface area contributed by atoms with Gasteiger partial charge >= 0.3 is 5.97 Å². The van der Waals surface area contributed by atoms with Crippen molar-refractivity contribution < 1.29 is 9.53 Å². The molecule has 0 aliphatic heterocycles. The number of ether oxygens (including phenoxy) is 1. The molecule has 2 aromatic rings. The van der Waals surface area contributed by atoms with Crippen LogP contribution in [0.5, 0.6) is 0 Å². The lowest BCUT2D eigenvalue weighted by molar-refractivity contribution is 0.0595. The second-order valence-electron chi connectivity index (χ2n) is 3.40. The quantitative estimate of drug-likeness (QED) is 0.644. The van der Waals surface area contributed by atoms with Gasteiger partial charge in [-0.15, -0.1) is 11.3 Å². The van der Waals surface area contributed by atoms with Crippen LogP contribution < -0.4 is 5.32 Å². The number of hydrogen-bond acceptors (Lipinski definition) is 5. The lowest BCUT2D eigenvalue weighted by Gasteiger charge is -2.08. The maximum Gasteiger partial charge on any atom is 0.357 e. The molecule has 0 radical (unpaired) electrons. The van der Waals surface area contributed by atoms with Gasteiger partial charge in [0.2, 0.25) is 0 Å². The van der Waals surface area contributed by atoms with Crippen molar-refractivity contribution in [2.24, 2.45) is 0 Å². The van der Waals surface area contributed by atoms with E-state index in [0.717, 1.165) is 19.1 Å². The topological polar surface area (TPSA) is 51.2 Å². The fourth-order valence-corrected chi connectivity index (χ4v) is 4.44. The van der Waals surface area contributed by atoms with E-state index in [1.165, 1.54) is 18.4 Å². The largest absolute Gasteiger partial charge is 0.464 e. The van der Waals surface area contributed by atoms with E-state index in [4.69, 9.17) is 0 Å². The second kappa shape index (κ2) is 6.34. The normalized spacial score (nSPS) is 10.3. The number of hydrogen-bond donors (Lipinski definition) is 1. The minimum absolute atomic E-state index is 0.291. The minimum Gasteiger partial charge on any atom is -0.464 e. The van der Waals surface area contributed by atoms with Gasteiger partial charge in [0.15, 0.2) is 10.8 Å². The molecule has 0 fully saturated rings. The molecule has 1 N–H and O–H groups in total. The predicted octanol–water partition coefficient (Wildman–Crippen LogP) is 4.96. The number of anilines is 2. The molecule has 0 spiro atoms. The maximum absolute atomic E-state index is 11.3. The summed E-state index contributed by atoms with van der Waals surface area (Å²) in [5.74, 6) is -0.446. The molecule has 0 bridgehead atoms. The van der Waals surface area contributed by atoms with Crippen molar-refractivity contribution in [1.29, 1.82) is 0 Å². The van der Waals surface area contributed by atoms with Gasteiger partial charge in [0.05, 0.1) is 12.8 Å². The van der Waals surface area contributed by atoms with Gasteiger partial charge < -0.3 is 10.1 Å². The summed E-state index contributed by atoms with van der Waals surface area (Å²) in [7, 11) is 1.33. The number of halogens is 3. The Kier molecular flexibility index (Phi) is 4.99. The SMILES string of the molecule is COC(=O)c1csc(Nc2c(Br)cc(Br)cc2Br)n1. The Bertz CT molecular complexity index is 607. The Morgan fingerprint density at radius 2 is 1.95 bits per heavy atom. The predicted molar refractivity (Wildman–Crippen MR) is 86.3 cm³/mol. The number of carbonyl (C=O) groups excluding carboxylic acids is 1. The summed E-state index contributed by atoms with van der Waals surface area (Å²) in [6.45, 7) is 0. The number of thiazole rings is 1. The van der Waals surface area contributed by atoms with Gasteiger partial charge in [-0.2, -0.15) is 0 Å². The molecule has 1 aromatic carbocycles. The number of carbonyl (C=O) groups is 1. The number of esters is 1. The van der Waals surface area contributed by atoms with Crippen molar-refractivity contribution in [3.8, 4) is 0 Å². The first-order chi connectivity index (χ1) is 9.01. The Labute approximate surface area is 139 Å². The van der Waals surface area contributed by atoms with E-state index in [0.29, 0.717) is 10.8 Å². The summed E-state index contributed by atoms with van der Waals surface area (Å²) in [6, 6.07) is 3.84. The molecule has 2 rings (SSSR count). The Balaban J connectivity index is 2.27. The van der Waals surface area contributed by atoms with E-state index in [1.54, 1.807) is 5.38 Å². The van der Waals surface area contributed by atoms with Crippen LogP contribution in [0, 0.1) is 0 Å². The number of methoxy groups -OCH3 is 1. The second-order valence-corrected chi connectivity index (χ2v) is 6.88. The summed E-state index contributed by atoms with van der Waals surface area (Å²) in [4.78, 5) is 15.5. The highest BCUT2D eigenvalue weighted by Crippen LogP contribution is 2.36. The van der Waals surface area contributed by atoms with Crippen molar-refractivity contribution >= 4 is 75.9 Å². The molecule has 0 saturated heterocycles. The van der Waals surface area contributed by atoms with E-state index in [2.05, 4.69) is 62.8 Å². The molecule has 1 aromatic heterocycles. The number of nitrogens with one attached hydrogen (secondary N) is 1. The first kappa shape index (κ1) is 15.0. The summed E-state index contributed by atoms with van der Waals surface area (Å²) in [5.41, 5.74) is 1.13. The van der Waals surface area contributed by atoms with Crippen LogP contribution in [0.25, 0.3) is 0 Å². The third-order valence-corrected chi connectivity index (χ3v) is 4.60. The summed E-state index contributed by atoms with van der Waals surface area (Å²) >= 11 is 11.7. The molecule has 0 amide bonds. The van der Waals surface area contributed by atoms with E-state index >= 15 is 0 Å². The smallest absolute Gasteiger partial charge is 0.357 e.